The van der Waals surface area contributed by atoms with Crippen molar-refractivity contribution in [2.75, 3.05) is 0 Å². The lowest BCUT2D eigenvalue weighted by atomic mass is 10.0. The molecule has 0 aliphatic heterocycles. The molecule has 0 aliphatic rings. The molecule has 0 fully saturated rings. The molecule has 3 aromatic heterocycles. The van der Waals surface area contributed by atoms with Crippen LogP contribution in [0.5, 0.6) is 0 Å². The highest BCUT2D eigenvalue weighted by atomic mass is 32.1. The first-order chi connectivity index (χ1) is 10.2. The Morgan fingerprint density at radius 3 is 2.38 bits per heavy atom. The summed E-state index contributed by atoms with van der Waals surface area (Å²) in [5, 5.41) is 0. The van der Waals surface area contributed by atoms with E-state index in [0.717, 1.165) is 44.0 Å². The molecule has 0 atom stereocenters. The number of aryl methyl sites for hydroxylation is 1. The lowest BCUT2D eigenvalue weighted by Crippen LogP contribution is -1.86. The van der Waals surface area contributed by atoms with Crippen molar-refractivity contribution in [3.8, 4) is 20.9 Å². The van der Waals surface area contributed by atoms with Crippen molar-refractivity contribution in [3.63, 3.8) is 0 Å². The summed E-state index contributed by atoms with van der Waals surface area (Å²) in [5.74, 6) is 0. The second kappa shape index (κ2) is 5.58. The van der Waals surface area contributed by atoms with Crippen LogP contribution < -0.4 is 0 Å². The number of carbonyl (C=O) groups is 1. The Labute approximate surface area is 127 Å². The zero-order chi connectivity index (χ0) is 14.8. The quantitative estimate of drug-likeness (QED) is 0.676. The zero-order valence-corrected chi connectivity index (χ0v) is 12.6. The van der Waals surface area contributed by atoms with Crippen LogP contribution in [0, 0.1) is 13.8 Å². The molecule has 0 saturated carbocycles. The zero-order valence-electron chi connectivity index (χ0n) is 11.8. The number of pyridine rings is 2. The van der Waals surface area contributed by atoms with Gasteiger partial charge in [-0.15, -0.1) is 11.3 Å². The number of thiophene rings is 1. The van der Waals surface area contributed by atoms with Crippen LogP contribution in [0.1, 0.15) is 21.6 Å². The minimum Gasteiger partial charge on any atom is -0.298 e. The van der Waals surface area contributed by atoms with Crippen LogP contribution in [-0.4, -0.2) is 16.3 Å². The first kappa shape index (κ1) is 13.6. The van der Waals surface area contributed by atoms with Crippen LogP contribution >= 0.6 is 11.3 Å². The molecule has 3 rings (SSSR count). The summed E-state index contributed by atoms with van der Waals surface area (Å²) in [6, 6.07) is 7.89. The van der Waals surface area contributed by atoms with Crippen molar-refractivity contribution in [2.45, 2.75) is 13.8 Å². The van der Waals surface area contributed by atoms with Crippen LogP contribution in [0.3, 0.4) is 0 Å². The van der Waals surface area contributed by atoms with Gasteiger partial charge < -0.3 is 0 Å². The van der Waals surface area contributed by atoms with Gasteiger partial charge in [0.2, 0.25) is 0 Å². The number of hydrogen-bond acceptors (Lipinski definition) is 4. The van der Waals surface area contributed by atoms with E-state index in [0.29, 0.717) is 0 Å². The van der Waals surface area contributed by atoms with Crippen molar-refractivity contribution < 1.29 is 4.79 Å². The van der Waals surface area contributed by atoms with Gasteiger partial charge in [-0.2, -0.15) is 0 Å². The van der Waals surface area contributed by atoms with Crippen molar-refractivity contribution in [1.82, 2.24) is 9.97 Å². The predicted molar refractivity (Wildman–Crippen MR) is 85.6 cm³/mol. The standard InChI is InChI=1S/C17H14N2OS/c1-11-9-14(5-8-19-11)16-12(2)15(10-20)17(21-16)13-3-6-18-7-4-13/h3-10H,1-2H3. The molecule has 0 aliphatic carbocycles. The van der Waals surface area contributed by atoms with Crippen LogP contribution in [0.2, 0.25) is 0 Å². The fourth-order valence-electron chi connectivity index (χ4n) is 2.35. The SMILES string of the molecule is Cc1cc(-c2sc(-c3ccncc3)c(C=O)c2C)ccn1. The summed E-state index contributed by atoms with van der Waals surface area (Å²) >= 11 is 1.64. The average Bonchev–Trinajstić information content (AvgIpc) is 2.85. The second-order valence-electron chi connectivity index (χ2n) is 4.84. The van der Waals surface area contributed by atoms with E-state index >= 15 is 0 Å². The topological polar surface area (TPSA) is 42.9 Å². The van der Waals surface area contributed by atoms with E-state index in [-0.39, 0.29) is 0 Å². The van der Waals surface area contributed by atoms with E-state index in [1.54, 1.807) is 29.9 Å². The summed E-state index contributed by atoms with van der Waals surface area (Å²) in [6.45, 7) is 3.97. The summed E-state index contributed by atoms with van der Waals surface area (Å²) in [4.78, 5) is 21.9. The number of rotatable bonds is 3. The fourth-order valence-corrected chi connectivity index (χ4v) is 3.63. The molecule has 0 amide bonds. The molecule has 0 aromatic carbocycles. The highest BCUT2D eigenvalue weighted by molar-refractivity contribution is 7.19. The second-order valence-corrected chi connectivity index (χ2v) is 5.86. The third kappa shape index (κ3) is 2.50. The van der Waals surface area contributed by atoms with Crippen molar-refractivity contribution in [2.24, 2.45) is 0 Å². The third-order valence-electron chi connectivity index (χ3n) is 3.41. The number of carbonyl (C=O) groups excluding carboxylic acids is 1. The summed E-state index contributed by atoms with van der Waals surface area (Å²) in [7, 11) is 0. The van der Waals surface area contributed by atoms with Gasteiger partial charge in [0.05, 0.1) is 0 Å². The highest BCUT2D eigenvalue weighted by Crippen LogP contribution is 2.40. The summed E-state index contributed by atoms with van der Waals surface area (Å²) in [6.07, 6.45) is 6.24. The number of aromatic nitrogens is 2. The Hall–Kier alpha value is -2.33. The maximum absolute atomic E-state index is 11.5. The Bertz CT molecular complexity index is 794. The summed E-state index contributed by atoms with van der Waals surface area (Å²) in [5.41, 5.74) is 4.88. The Morgan fingerprint density at radius 1 is 1.00 bits per heavy atom. The van der Waals surface area contributed by atoms with Gasteiger partial charge >= 0.3 is 0 Å². The van der Waals surface area contributed by atoms with Gasteiger partial charge in [-0.25, -0.2) is 0 Å². The molecule has 21 heavy (non-hydrogen) atoms. The normalized spacial score (nSPS) is 10.6. The Kier molecular flexibility index (Phi) is 3.62. The van der Waals surface area contributed by atoms with Gasteiger partial charge in [0.15, 0.2) is 6.29 Å². The van der Waals surface area contributed by atoms with Crippen molar-refractivity contribution >= 4 is 17.6 Å². The van der Waals surface area contributed by atoms with E-state index < -0.39 is 0 Å². The third-order valence-corrected chi connectivity index (χ3v) is 4.82. The molecule has 3 heterocycles. The summed E-state index contributed by atoms with van der Waals surface area (Å²) < 4.78 is 0. The fraction of sp³-hybridized carbons (Fsp3) is 0.118. The monoisotopic (exact) mass is 294 g/mol. The molecule has 4 heteroatoms. The van der Waals surface area contributed by atoms with Gasteiger partial charge in [0.1, 0.15) is 0 Å². The van der Waals surface area contributed by atoms with E-state index in [2.05, 4.69) is 9.97 Å². The predicted octanol–water partition coefficient (Wildman–Crippen LogP) is 4.30. The molecule has 0 saturated heterocycles. The van der Waals surface area contributed by atoms with E-state index in [1.807, 2.05) is 38.1 Å². The van der Waals surface area contributed by atoms with Crippen molar-refractivity contribution in [3.05, 3.63) is 59.7 Å². The van der Waals surface area contributed by atoms with E-state index in [9.17, 15) is 4.79 Å². The largest absolute Gasteiger partial charge is 0.298 e. The average molecular weight is 294 g/mol. The molecule has 3 nitrogen and oxygen atoms in total. The Balaban J connectivity index is 2.21. The smallest absolute Gasteiger partial charge is 0.151 e. The van der Waals surface area contributed by atoms with E-state index in [1.165, 1.54) is 0 Å². The van der Waals surface area contributed by atoms with Gasteiger partial charge in [-0.05, 0) is 54.8 Å². The molecule has 0 radical (unpaired) electrons. The molecule has 0 spiro atoms. The number of aldehydes is 1. The van der Waals surface area contributed by atoms with Gasteiger partial charge in [-0.3, -0.25) is 14.8 Å². The highest BCUT2D eigenvalue weighted by Gasteiger charge is 2.17. The maximum Gasteiger partial charge on any atom is 0.151 e. The van der Waals surface area contributed by atoms with E-state index in [4.69, 9.17) is 0 Å². The maximum atomic E-state index is 11.5. The first-order valence-corrected chi connectivity index (χ1v) is 7.44. The lowest BCUT2D eigenvalue weighted by molar-refractivity contribution is 0.112. The molecular weight excluding hydrogens is 280 g/mol. The van der Waals surface area contributed by atoms with Gasteiger partial charge in [-0.1, -0.05) is 0 Å². The molecule has 0 unspecified atom stereocenters. The number of nitrogens with zero attached hydrogens (tertiary/aromatic N) is 2. The number of hydrogen-bond donors (Lipinski definition) is 0. The molecular formula is C17H14N2OS. The molecule has 0 bridgehead atoms. The minimum absolute atomic E-state index is 0.760. The minimum atomic E-state index is 0.760. The van der Waals surface area contributed by atoms with Gasteiger partial charge in [0.25, 0.3) is 0 Å². The molecule has 104 valence electrons. The van der Waals surface area contributed by atoms with Crippen LogP contribution in [0.25, 0.3) is 20.9 Å². The van der Waals surface area contributed by atoms with Gasteiger partial charge in [0, 0.05) is 39.6 Å². The van der Waals surface area contributed by atoms with Crippen LogP contribution in [0.15, 0.2) is 42.9 Å². The first-order valence-electron chi connectivity index (χ1n) is 6.62. The molecule has 3 aromatic rings. The lowest BCUT2D eigenvalue weighted by Gasteiger charge is -2.00. The molecule has 0 N–H and O–H groups in total. The Morgan fingerprint density at radius 2 is 1.71 bits per heavy atom. The van der Waals surface area contributed by atoms with Crippen LogP contribution in [-0.2, 0) is 0 Å². The van der Waals surface area contributed by atoms with Crippen molar-refractivity contribution in [1.29, 1.82) is 0 Å². The van der Waals surface area contributed by atoms with Crippen LogP contribution in [0.4, 0.5) is 0 Å².